The molecule has 1 amide bonds. The monoisotopic (exact) mass is 439 g/mol. The third-order valence-electron chi connectivity index (χ3n) is 5.31. The van der Waals surface area contributed by atoms with Gasteiger partial charge < -0.3 is 15.0 Å². The van der Waals surface area contributed by atoms with Gasteiger partial charge in [0.2, 0.25) is 0 Å². The van der Waals surface area contributed by atoms with Crippen LogP contribution in [0.2, 0.25) is 0 Å². The molecule has 1 unspecified atom stereocenters. The lowest BCUT2D eigenvalue weighted by atomic mass is 10.1. The molecule has 1 saturated heterocycles. The van der Waals surface area contributed by atoms with Gasteiger partial charge in [0.1, 0.15) is 11.4 Å². The Kier molecular flexibility index (Phi) is 6.72. The van der Waals surface area contributed by atoms with Gasteiger partial charge in [-0.15, -0.1) is 0 Å². The van der Waals surface area contributed by atoms with E-state index < -0.39 is 22.9 Å². The van der Waals surface area contributed by atoms with Crippen LogP contribution in [0, 0.1) is 11.3 Å². The highest BCUT2D eigenvalue weighted by Crippen LogP contribution is 2.20. The van der Waals surface area contributed by atoms with Crippen LogP contribution in [0.1, 0.15) is 44.7 Å². The second kappa shape index (κ2) is 9.30. The molecule has 9 nitrogen and oxygen atoms in total. The number of piperidine rings is 1. The highest BCUT2D eigenvalue weighted by molar-refractivity contribution is 5.68. The summed E-state index contributed by atoms with van der Waals surface area (Å²) >= 11 is 0. The summed E-state index contributed by atoms with van der Waals surface area (Å²) in [6.45, 7) is 6.64. The van der Waals surface area contributed by atoms with Crippen LogP contribution in [0.15, 0.2) is 39.9 Å². The number of alkyl carbamates (subject to hydrolysis) is 1. The molecule has 9 heteroatoms. The lowest BCUT2D eigenvalue weighted by Crippen LogP contribution is -2.51. The van der Waals surface area contributed by atoms with Crippen LogP contribution >= 0.6 is 0 Å². The van der Waals surface area contributed by atoms with Crippen LogP contribution in [-0.4, -0.2) is 40.0 Å². The van der Waals surface area contributed by atoms with Gasteiger partial charge >= 0.3 is 11.8 Å². The lowest BCUT2D eigenvalue weighted by molar-refractivity contribution is 0.0500. The van der Waals surface area contributed by atoms with Crippen molar-refractivity contribution in [2.24, 2.45) is 7.05 Å². The number of hydrogen-bond donors (Lipinski definition) is 1. The fraction of sp³-hybridized carbons (Fsp3) is 0.478. The van der Waals surface area contributed by atoms with Crippen LogP contribution in [0.3, 0.4) is 0 Å². The third kappa shape index (κ3) is 5.38. The van der Waals surface area contributed by atoms with E-state index >= 15 is 0 Å². The third-order valence-corrected chi connectivity index (χ3v) is 5.31. The van der Waals surface area contributed by atoms with E-state index in [0.717, 1.165) is 17.4 Å². The van der Waals surface area contributed by atoms with Gasteiger partial charge in [-0.05, 0) is 45.2 Å². The molecule has 1 fully saturated rings. The number of rotatable bonds is 4. The molecule has 0 saturated carbocycles. The number of carbonyl (C=O) groups excluding carboxylic acids is 1. The zero-order chi connectivity index (χ0) is 23.5. The smallest absolute Gasteiger partial charge is 0.407 e. The minimum Gasteiger partial charge on any atom is -0.444 e. The summed E-state index contributed by atoms with van der Waals surface area (Å²) in [6.07, 6.45) is 1.05. The van der Waals surface area contributed by atoms with Crippen molar-refractivity contribution in [1.29, 1.82) is 5.26 Å². The van der Waals surface area contributed by atoms with E-state index in [9.17, 15) is 19.6 Å². The van der Waals surface area contributed by atoms with Crippen molar-refractivity contribution in [3.8, 4) is 6.07 Å². The van der Waals surface area contributed by atoms with E-state index in [1.165, 1.54) is 17.7 Å². The predicted molar refractivity (Wildman–Crippen MR) is 121 cm³/mol. The molecule has 1 atom stereocenters. The van der Waals surface area contributed by atoms with Crippen molar-refractivity contribution in [3.63, 3.8) is 0 Å². The molecule has 1 aromatic heterocycles. The number of anilines is 1. The molecule has 1 aromatic carbocycles. The van der Waals surface area contributed by atoms with Crippen LogP contribution in [-0.2, 0) is 18.3 Å². The first-order chi connectivity index (χ1) is 15.1. The molecule has 1 aliphatic heterocycles. The molecule has 1 N–H and O–H groups in total. The summed E-state index contributed by atoms with van der Waals surface area (Å²) in [7, 11) is 1.43. The standard InChI is InChI=1S/C23H29N5O4/c1-23(2,3)32-21(30)25-18-10-7-11-27(15-18)19-12-20(29)26(4)22(31)28(19)14-17-9-6-5-8-16(17)13-24/h5-6,8-9,12,18H,7,10-11,14-15H2,1-4H3,(H,25,30). The Morgan fingerprint density at radius 2 is 2.00 bits per heavy atom. The number of aromatic nitrogens is 2. The number of ether oxygens (including phenoxy) is 1. The Morgan fingerprint density at radius 3 is 2.69 bits per heavy atom. The van der Waals surface area contributed by atoms with Crippen molar-refractivity contribution < 1.29 is 9.53 Å². The molecule has 170 valence electrons. The summed E-state index contributed by atoms with van der Waals surface area (Å²) in [5, 5.41) is 12.3. The van der Waals surface area contributed by atoms with Crippen molar-refractivity contribution in [1.82, 2.24) is 14.5 Å². The number of carbonyl (C=O) groups is 1. The Morgan fingerprint density at radius 1 is 1.28 bits per heavy atom. The van der Waals surface area contributed by atoms with Gasteiger partial charge in [0.15, 0.2) is 0 Å². The number of nitrogens with one attached hydrogen (secondary N) is 1. The van der Waals surface area contributed by atoms with Crippen LogP contribution < -0.4 is 21.5 Å². The quantitative estimate of drug-likeness (QED) is 0.780. The number of nitrogens with zero attached hydrogens (tertiary/aromatic N) is 4. The fourth-order valence-electron chi connectivity index (χ4n) is 3.78. The SMILES string of the molecule is Cn1c(=O)cc(N2CCCC(NC(=O)OC(C)(C)C)C2)n(Cc2ccccc2C#N)c1=O. The number of nitriles is 1. The second-order valence-electron chi connectivity index (χ2n) is 8.97. The summed E-state index contributed by atoms with van der Waals surface area (Å²) in [5.41, 5.74) is -0.294. The second-order valence-corrected chi connectivity index (χ2v) is 8.97. The van der Waals surface area contributed by atoms with Gasteiger partial charge in [0, 0.05) is 32.2 Å². The number of amides is 1. The Balaban J connectivity index is 1.91. The Bertz CT molecular complexity index is 1150. The molecule has 0 aliphatic carbocycles. The van der Waals surface area contributed by atoms with E-state index in [1.54, 1.807) is 39.0 Å². The van der Waals surface area contributed by atoms with Crippen molar-refractivity contribution in [2.45, 2.75) is 51.8 Å². The predicted octanol–water partition coefficient (Wildman–Crippen LogP) is 1.96. The molecule has 32 heavy (non-hydrogen) atoms. The molecule has 0 radical (unpaired) electrons. The zero-order valence-electron chi connectivity index (χ0n) is 18.9. The maximum atomic E-state index is 13.0. The molecule has 1 aliphatic rings. The minimum absolute atomic E-state index is 0.159. The van der Waals surface area contributed by atoms with E-state index in [2.05, 4.69) is 11.4 Å². The van der Waals surface area contributed by atoms with Crippen LogP contribution in [0.5, 0.6) is 0 Å². The molecule has 0 spiro atoms. The van der Waals surface area contributed by atoms with Crippen LogP contribution in [0.25, 0.3) is 0 Å². The molecule has 0 bridgehead atoms. The average Bonchev–Trinajstić information content (AvgIpc) is 2.73. The minimum atomic E-state index is -0.599. The zero-order valence-corrected chi connectivity index (χ0v) is 18.9. The highest BCUT2D eigenvalue weighted by Gasteiger charge is 2.26. The maximum absolute atomic E-state index is 13.0. The Hall–Kier alpha value is -3.54. The topological polar surface area (TPSA) is 109 Å². The largest absolute Gasteiger partial charge is 0.444 e. The van der Waals surface area contributed by atoms with Gasteiger partial charge in [0.05, 0.1) is 18.2 Å². The van der Waals surface area contributed by atoms with Crippen molar-refractivity contribution in [3.05, 3.63) is 62.3 Å². The lowest BCUT2D eigenvalue weighted by Gasteiger charge is -2.36. The molecule has 2 aromatic rings. The van der Waals surface area contributed by atoms with Gasteiger partial charge in [-0.2, -0.15) is 5.26 Å². The molecular weight excluding hydrogens is 410 g/mol. The molecule has 2 heterocycles. The summed E-state index contributed by atoms with van der Waals surface area (Å²) in [4.78, 5) is 39.6. The van der Waals surface area contributed by atoms with E-state index in [4.69, 9.17) is 4.74 Å². The van der Waals surface area contributed by atoms with Gasteiger partial charge in [0.25, 0.3) is 5.56 Å². The summed E-state index contributed by atoms with van der Waals surface area (Å²) in [6, 6.07) is 10.5. The fourth-order valence-corrected chi connectivity index (χ4v) is 3.78. The van der Waals surface area contributed by atoms with E-state index in [0.29, 0.717) is 30.0 Å². The molecule has 3 rings (SSSR count). The van der Waals surface area contributed by atoms with Gasteiger partial charge in [-0.25, -0.2) is 9.59 Å². The number of benzene rings is 1. The average molecular weight is 440 g/mol. The Labute approximate surface area is 186 Å². The first-order valence-electron chi connectivity index (χ1n) is 10.6. The van der Waals surface area contributed by atoms with Crippen LogP contribution in [0.4, 0.5) is 10.6 Å². The number of hydrogen-bond acceptors (Lipinski definition) is 6. The van der Waals surface area contributed by atoms with Gasteiger partial charge in [-0.1, -0.05) is 18.2 Å². The van der Waals surface area contributed by atoms with Crippen molar-refractivity contribution >= 4 is 11.9 Å². The first kappa shape index (κ1) is 23.1. The van der Waals surface area contributed by atoms with Gasteiger partial charge in [-0.3, -0.25) is 13.9 Å². The summed E-state index contributed by atoms with van der Waals surface area (Å²) < 4.78 is 7.92. The molecular formula is C23H29N5O4. The maximum Gasteiger partial charge on any atom is 0.407 e. The van der Waals surface area contributed by atoms with Crippen molar-refractivity contribution in [2.75, 3.05) is 18.0 Å². The van der Waals surface area contributed by atoms with E-state index in [-0.39, 0.29) is 12.6 Å². The normalized spacial score (nSPS) is 16.3. The highest BCUT2D eigenvalue weighted by atomic mass is 16.6. The first-order valence-corrected chi connectivity index (χ1v) is 10.6. The van der Waals surface area contributed by atoms with E-state index in [1.807, 2.05) is 11.0 Å². The summed E-state index contributed by atoms with van der Waals surface area (Å²) in [5.74, 6) is 0.474.